The lowest BCUT2D eigenvalue weighted by atomic mass is 9.64. The summed E-state index contributed by atoms with van der Waals surface area (Å²) in [5.74, 6) is 0. The van der Waals surface area contributed by atoms with Crippen LogP contribution in [0.3, 0.4) is 0 Å². The molecule has 2 aliphatic heterocycles. The van der Waals surface area contributed by atoms with Gasteiger partial charge in [-0.2, -0.15) is 0 Å². The van der Waals surface area contributed by atoms with Crippen molar-refractivity contribution in [3.05, 3.63) is 300 Å². The summed E-state index contributed by atoms with van der Waals surface area (Å²) in [5.41, 5.74) is 23.2. The smallest absolute Gasteiger partial charge is 0.145 e. The van der Waals surface area contributed by atoms with Gasteiger partial charge in [-0.3, -0.25) is 4.99 Å². The van der Waals surface area contributed by atoms with Crippen LogP contribution < -0.4 is 10.2 Å². The fourth-order valence-corrected chi connectivity index (χ4v) is 11.1. The van der Waals surface area contributed by atoms with E-state index >= 15 is 0 Å². The minimum Gasteiger partial charge on any atom is -0.360 e. The maximum atomic E-state index is 5.34. The molecule has 1 aliphatic carbocycles. The van der Waals surface area contributed by atoms with Gasteiger partial charge in [0.2, 0.25) is 0 Å². The van der Waals surface area contributed by atoms with Crippen LogP contribution in [0.5, 0.6) is 0 Å². The van der Waals surface area contributed by atoms with Gasteiger partial charge in [0.25, 0.3) is 0 Å². The summed E-state index contributed by atoms with van der Waals surface area (Å²) >= 11 is 0. The van der Waals surface area contributed by atoms with Gasteiger partial charge < -0.3 is 10.2 Å². The lowest BCUT2D eigenvalue weighted by Gasteiger charge is -2.45. The average molecular weight is 868 g/mol. The molecule has 3 aliphatic rings. The van der Waals surface area contributed by atoms with Gasteiger partial charge in [-0.05, 0) is 120 Å². The van der Waals surface area contributed by atoms with Crippen molar-refractivity contribution in [3.63, 3.8) is 0 Å². The molecule has 68 heavy (non-hydrogen) atoms. The van der Waals surface area contributed by atoms with Crippen molar-refractivity contribution in [2.45, 2.75) is 11.6 Å². The Hall–Kier alpha value is -8.79. The van der Waals surface area contributed by atoms with E-state index in [4.69, 9.17) is 4.99 Å². The zero-order valence-corrected chi connectivity index (χ0v) is 37.3. The molecule has 0 saturated carbocycles. The third-order valence-corrected chi connectivity index (χ3v) is 14.1. The lowest BCUT2D eigenvalue weighted by molar-refractivity contribution is 0.664. The minimum atomic E-state index is -0.527. The molecule has 0 fully saturated rings. The highest BCUT2D eigenvalue weighted by atomic mass is 15.2. The Morgan fingerprint density at radius 3 is 1.49 bits per heavy atom. The van der Waals surface area contributed by atoms with E-state index in [9.17, 15) is 0 Å². The van der Waals surface area contributed by atoms with E-state index in [1.54, 1.807) is 0 Å². The summed E-state index contributed by atoms with van der Waals surface area (Å²) in [7, 11) is 0. The van der Waals surface area contributed by atoms with Crippen molar-refractivity contribution in [1.29, 1.82) is 0 Å². The molecule has 13 rings (SSSR count). The monoisotopic (exact) mass is 867 g/mol. The van der Waals surface area contributed by atoms with Crippen LogP contribution in [0.25, 0.3) is 50.2 Å². The number of fused-ring (bicyclic) bond motifs is 9. The van der Waals surface area contributed by atoms with Crippen LogP contribution in [0, 0.1) is 0 Å². The normalized spacial score (nSPS) is 15.0. The third kappa shape index (κ3) is 6.39. The van der Waals surface area contributed by atoms with E-state index in [0.717, 1.165) is 39.3 Å². The molecule has 2 heterocycles. The maximum Gasteiger partial charge on any atom is 0.145 e. The van der Waals surface area contributed by atoms with Gasteiger partial charge >= 0.3 is 0 Å². The molecular formula is C65H45N3. The second-order valence-corrected chi connectivity index (χ2v) is 17.9. The fraction of sp³-hybridized carbons (Fsp3) is 0.0308. The van der Waals surface area contributed by atoms with Crippen molar-refractivity contribution >= 4 is 28.5 Å². The van der Waals surface area contributed by atoms with Crippen LogP contribution in [-0.4, -0.2) is 5.71 Å². The predicted molar refractivity (Wildman–Crippen MR) is 282 cm³/mol. The first-order chi connectivity index (χ1) is 33.7. The summed E-state index contributed by atoms with van der Waals surface area (Å²) in [4.78, 5) is 7.78. The highest BCUT2D eigenvalue weighted by molar-refractivity contribution is 6.13. The van der Waals surface area contributed by atoms with Crippen LogP contribution in [0.2, 0.25) is 0 Å². The number of benzene rings is 10. The molecule has 1 atom stereocenters. The molecule has 0 aromatic heterocycles. The summed E-state index contributed by atoms with van der Waals surface area (Å²) < 4.78 is 0. The van der Waals surface area contributed by atoms with Gasteiger partial charge in [-0.25, -0.2) is 0 Å². The molecule has 1 spiro atoms. The number of para-hydroxylation sites is 3. The topological polar surface area (TPSA) is 27.6 Å². The molecule has 10 aromatic rings. The lowest BCUT2D eigenvalue weighted by Crippen LogP contribution is -2.36. The molecule has 3 nitrogen and oxygen atoms in total. The van der Waals surface area contributed by atoms with E-state index in [1.807, 2.05) is 0 Å². The Bertz CT molecular complexity index is 3530. The van der Waals surface area contributed by atoms with Gasteiger partial charge in [0, 0.05) is 11.4 Å². The standard InChI is InChI=1S/C65H45N3/c1-4-18-44(19-5-1)45-32-36-48(37-33-45)61-43-60(47-20-6-2-7-21-47)66-64(67-61)49-38-34-46(35-39-49)52-24-10-11-25-53(52)50-40-41-55-54-26-12-13-27-56(54)65(59(55)42-50)57-28-14-16-30-62(57)68(51-22-8-3-9-23-51)63-31-17-15-29-58(63)65/h1-43,64,66H. The molecular weight excluding hydrogens is 823 g/mol. The summed E-state index contributed by atoms with van der Waals surface area (Å²) in [6.45, 7) is 0. The van der Waals surface area contributed by atoms with Gasteiger partial charge in [0.15, 0.2) is 0 Å². The largest absolute Gasteiger partial charge is 0.360 e. The van der Waals surface area contributed by atoms with E-state index in [2.05, 4.69) is 271 Å². The Labute approximate surface area is 397 Å². The quantitative estimate of drug-likeness (QED) is 0.173. The average Bonchev–Trinajstić information content (AvgIpc) is 3.71. The van der Waals surface area contributed by atoms with Gasteiger partial charge in [0.1, 0.15) is 6.17 Å². The second-order valence-electron chi connectivity index (χ2n) is 17.9. The number of aliphatic imine (C=N–C) groups is 1. The van der Waals surface area contributed by atoms with Gasteiger partial charge in [-0.1, -0.05) is 224 Å². The Kier molecular flexibility index (Phi) is 9.47. The number of nitrogens with one attached hydrogen (secondary N) is 1. The van der Waals surface area contributed by atoms with Crippen molar-refractivity contribution in [3.8, 4) is 44.5 Å². The molecule has 0 amide bonds. The van der Waals surface area contributed by atoms with E-state index in [-0.39, 0.29) is 6.17 Å². The number of hydrogen-bond acceptors (Lipinski definition) is 3. The third-order valence-electron chi connectivity index (χ3n) is 14.1. The first-order valence-corrected chi connectivity index (χ1v) is 23.5. The summed E-state index contributed by atoms with van der Waals surface area (Å²) in [6, 6.07) is 92.7. The van der Waals surface area contributed by atoms with Crippen LogP contribution in [-0.2, 0) is 5.41 Å². The van der Waals surface area contributed by atoms with E-state index < -0.39 is 5.41 Å². The molecule has 0 saturated heterocycles. The van der Waals surface area contributed by atoms with E-state index in [1.165, 1.54) is 72.6 Å². The SMILES string of the molecule is C1=C(c2ccccc2)NC(c2ccc(-c3ccccc3-c3ccc4c(c3)C3(c5ccccc5-4)c4ccccc4N(c4ccccc4)c4ccccc43)cc2)N=C1c1ccc(-c2ccccc2)cc1. The number of nitrogens with zero attached hydrogens (tertiary/aromatic N) is 2. The zero-order chi connectivity index (χ0) is 45.0. The highest BCUT2D eigenvalue weighted by Gasteiger charge is 2.51. The molecule has 320 valence electrons. The van der Waals surface area contributed by atoms with Crippen LogP contribution in [0.15, 0.2) is 266 Å². The molecule has 1 unspecified atom stereocenters. The minimum absolute atomic E-state index is 0.267. The molecule has 3 heteroatoms. The van der Waals surface area contributed by atoms with Crippen LogP contribution in [0.4, 0.5) is 17.1 Å². The molecule has 0 bridgehead atoms. The van der Waals surface area contributed by atoms with Crippen molar-refractivity contribution in [2.75, 3.05) is 4.90 Å². The Morgan fingerprint density at radius 2 is 0.824 bits per heavy atom. The second kappa shape index (κ2) is 16.3. The first kappa shape index (κ1) is 39.6. The zero-order valence-electron chi connectivity index (χ0n) is 37.3. The summed E-state index contributed by atoms with van der Waals surface area (Å²) in [5, 5.41) is 3.78. The molecule has 10 aromatic carbocycles. The van der Waals surface area contributed by atoms with E-state index in [0.29, 0.717) is 0 Å². The number of allylic oxidation sites excluding steroid dienone is 1. The maximum absolute atomic E-state index is 5.34. The van der Waals surface area contributed by atoms with Crippen molar-refractivity contribution in [1.82, 2.24) is 5.32 Å². The Balaban J connectivity index is 0.894. The Morgan fingerprint density at radius 1 is 0.353 bits per heavy atom. The van der Waals surface area contributed by atoms with Crippen LogP contribution >= 0.6 is 0 Å². The fourth-order valence-electron chi connectivity index (χ4n) is 11.1. The molecule has 1 N–H and O–H groups in total. The van der Waals surface area contributed by atoms with Gasteiger partial charge in [0.05, 0.1) is 22.5 Å². The number of anilines is 3. The number of rotatable bonds is 7. The first-order valence-electron chi connectivity index (χ1n) is 23.5. The van der Waals surface area contributed by atoms with Gasteiger partial charge in [-0.15, -0.1) is 0 Å². The predicted octanol–water partition coefficient (Wildman–Crippen LogP) is 16.0. The molecule has 0 radical (unpaired) electrons. The van der Waals surface area contributed by atoms with Crippen LogP contribution in [0.1, 0.15) is 45.1 Å². The summed E-state index contributed by atoms with van der Waals surface area (Å²) in [6.07, 6.45) is 1.91. The highest BCUT2D eigenvalue weighted by Crippen LogP contribution is 2.63. The van der Waals surface area contributed by atoms with Crippen molar-refractivity contribution in [2.24, 2.45) is 4.99 Å². The number of hydrogen-bond donors (Lipinski definition) is 1. The van der Waals surface area contributed by atoms with Crippen molar-refractivity contribution < 1.29 is 0 Å².